The summed E-state index contributed by atoms with van der Waals surface area (Å²) < 4.78 is 45.9. The Kier molecular flexibility index (Phi) is 10.1. The van der Waals surface area contributed by atoms with Gasteiger partial charge in [-0.25, -0.2) is 0 Å². The van der Waals surface area contributed by atoms with Crippen LogP contribution >= 0.6 is 0 Å². The summed E-state index contributed by atoms with van der Waals surface area (Å²) in [5.74, 6) is 5.65. The Hall–Kier alpha value is -1.14. The molecule has 0 spiro atoms. The molecule has 0 aromatic heterocycles. The molecular weight excluding hydrogens is 529 g/mol. The summed E-state index contributed by atoms with van der Waals surface area (Å²) in [5.41, 5.74) is 1.09. The van der Waals surface area contributed by atoms with Crippen LogP contribution in [0.15, 0.2) is 23.8 Å². The van der Waals surface area contributed by atoms with E-state index in [9.17, 15) is 9.90 Å². The van der Waals surface area contributed by atoms with E-state index in [1.54, 1.807) is 6.08 Å². The van der Waals surface area contributed by atoms with Gasteiger partial charge in [0.2, 0.25) is 0 Å². The third kappa shape index (κ3) is 9.44. The Labute approximate surface area is 254 Å². The van der Waals surface area contributed by atoms with Gasteiger partial charge in [0.1, 0.15) is 0 Å². The fourth-order valence-corrected chi connectivity index (χ4v) is 8.11. The molecule has 6 atom stereocenters. The molecule has 2 saturated carbocycles. The minimum atomic E-state index is -2.95. The lowest BCUT2D eigenvalue weighted by molar-refractivity contribution is -0.137. The number of carboxylic acid groups (broad SMARTS) is 1. The first-order chi connectivity index (χ1) is 19.8. The number of aliphatic carboxylic acids is 1. The highest BCUT2D eigenvalue weighted by Crippen LogP contribution is 2.53. The van der Waals surface area contributed by atoms with Crippen molar-refractivity contribution < 1.29 is 24.2 Å². The smallest absolute Gasteiger partial charge is 0.303 e. The molecular formula is C34H60O4Si2. The lowest BCUT2D eigenvalue weighted by atomic mass is 9.89. The second-order valence-corrected chi connectivity index (χ2v) is 24.6. The van der Waals surface area contributed by atoms with Crippen LogP contribution in [0.2, 0.25) is 36.3 Å². The largest absolute Gasteiger partial charge is 0.481 e. The van der Waals surface area contributed by atoms with Gasteiger partial charge in [0.05, 0.1) is 12.2 Å². The molecule has 1 N–H and O–H groups in total. The van der Waals surface area contributed by atoms with Gasteiger partial charge < -0.3 is 14.0 Å². The second-order valence-electron chi connectivity index (χ2n) is 15.1. The molecule has 2 aliphatic rings. The Bertz CT molecular complexity index is 1140. The fourth-order valence-electron chi connectivity index (χ4n) is 5.40. The van der Waals surface area contributed by atoms with E-state index in [0.29, 0.717) is 11.8 Å². The minimum absolute atomic E-state index is 0.0637. The number of carbonyl (C=O) groups is 1. The number of allylic oxidation sites excluding steroid dienone is 2. The topological polar surface area (TPSA) is 55.8 Å². The molecule has 0 aromatic rings. The summed E-state index contributed by atoms with van der Waals surface area (Å²) in [6, 6.07) is 0. The van der Waals surface area contributed by atoms with Gasteiger partial charge in [0, 0.05) is 24.2 Å². The third-order valence-corrected chi connectivity index (χ3v) is 18.9. The van der Waals surface area contributed by atoms with Gasteiger partial charge in [-0.05, 0) is 93.0 Å². The van der Waals surface area contributed by atoms with E-state index in [2.05, 4.69) is 98.6 Å². The highest BCUT2D eigenvalue weighted by atomic mass is 28.4. The first-order valence-electron chi connectivity index (χ1n) is 17.1. The lowest BCUT2D eigenvalue weighted by Crippen LogP contribution is -2.45. The van der Waals surface area contributed by atoms with E-state index in [0.717, 1.165) is 31.3 Å². The maximum Gasteiger partial charge on any atom is 0.303 e. The summed E-state index contributed by atoms with van der Waals surface area (Å²) in [4.78, 5) is 11.4. The molecule has 0 aliphatic heterocycles. The first-order valence-corrected chi connectivity index (χ1v) is 20.9. The predicted octanol–water partition coefficient (Wildman–Crippen LogP) is 9.60. The number of rotatable bonds is 12. The van der Waals surface area contributed by atoms with Crippen molar-refractivity contribution in [1.29, 1.82) is 0 Å². The highest BCUT2D eigenvalue weighted by Gasteiger charge is 2.50. The van der Waals surface area contributed by atoms with Crippen LogP contribution < -0.4 is 0 Å². The number of carboxylic acids is 1. The lowest BCUT2D eigenvalue weighted by Gasteiger charge is -2.41. The Morgan fingerprint density at radius 2 is 1.75 bits per heavy atom. The number of hydrogen-bond acceptors (Lipinski definition) is 3. The van der Waals surface area contributed by atoms with E-state index in [-0.39, 0.29) is 40.5 Å². The molecule has 4 nitrogen and oxygen atoms in total. The van der Waals surface area contributed by atoms with Crippen LogP contribution in [0.3, 0.4) is 0 Å². The molecule has 0 amide bonds. The Balaban J connectivity index is 2.44. The molecule has 40 heavy (non-hydrogen) atoms. The molecule has 0 aromatic carbocycles. The molecule has 2 fully saturated rings. The van der Waals surface area contributed by atoms with Gasteiger partial charge in [-0.15, -0.1) is 11.8 Å². The van der Waals surface area contributed by atoms with Crippen molar-refractivity contribution in [2.45, 2.75) is 149 Å². The van der Waals surface area contributed by atoms with Crippen molar-refractivity contribution in [3.63, 3.8) is 0 Å². The van der Waals surface area contributed by atoms with E-state index in [1.807, 2.05) is 6.92 Å². The van der Waals surface area contributed by atoms with E-state index in [1.165, 1.54) is 0 Å². The third-order valence-electron chi connectivity index (χ3n) is 9.95. The minimum Gasteiger partial charge on any atom is -0.481 e. The SMILES string of the molecule is [2H]C([2H])(C/C=C1\C[C@H]2C[C@@H](O[Si](C)(C)C(C)(C)C)[C@H](/C=C/[C@@H](O[Si](C)(C)C(C)(C)C)C(C)CC#CC)[C@H]2C1)C([2H])([2H])C(=O)O. The summed E-state index contributed by atoms with van der Waals surface area (Å²) in [6.45, 7) is 26.9. The van der Waals surface area contributed by atoms with Crippen LogP contribution in [-0.2, 0) is 13.6 Å². The van der Waals surface area contributed by atoms with Gasteiger partial charge >= 0.3 is 5.97 Å². The molecule has 228 valence electrons. The Morgan fingerprint density at radius 3 is 2.30 bits per heavy atom. The zero-order valence-corrected chi connectivity index (χ0v) is 29.4. The van der Waals surface area contributed by atoms with Gasteiger partial charge in [0.15, 0.2) is 16.6 Å². The molecule has 0 radical (unpaired) electrons. The van der Waals surface area contributed by atoms with Crippen molar-refractivity contribution in [3.8, 4) is 11.8 Å². The van der Waals surface area contributed by atoms with Crippen LogP contribution in [0, 0.1) is 35.5 Å². The quantitative estimate of drug-likeness (QED) is 0.139. The molecule has 0 saturated heterocycles. The van der Waals surface area contributed by atoms with Crippen LogP contribution in [0.1, 0.15) is 106 Å². The maximum atomic E-state index is 11.4. The normalized spacial score (nSPS) is 28.8. The van der Waals surface area contributed by atoms with Crippen LogP contribution in [0.4, 0.5) is 0 Å². The second kappa shape index (κ2) is 13.9. The first kappa shape index (κ1) is 29.0. The van der Waals surface area contributed by atoms with E-state index < -0.39 is 35.3 Å². The van der Waals surface area contributed by atoms with E-state index in [4.69, 9.17) is 14.3 Å². The van der Waals surface area contributed by atoms with Crippen molar-refractivity contribution in [2.75, 3.05) is 0 Å². The van der Waals surface area contributed by atoms with Gasteiger partial charge in [-0.3, -0.25) is 4.79 Å². The van der Waals surface area contributed by atoms with Crippen molar-refractivity contribution in [2.24, 2.45) is 23.7 Å². The average Bonchev–Trinajstić information content (AvgIpc) is 3.39. The molecule has 6 heteroatoms. The average molecular weight is 593 g/mol. The van der Waals surface area contributed by atoms with Crippen molar-refractivity contribution in [1.82, 2.24) is 0 Å². The van der Waals surface area contributed by atoms with Gasteiger partial charge in [0.25, 0.3) is 0 Å². The van der Waals surface area contributed by atoms with Crippen LogP contribution in [0.5, 0.6) is 0 Å². The summed E-state index contributed by atoms with van der Waals surface area (Å²) in [7, 11) is -4.10. The molecule has 0 bridgehead atoms. The van der Waals surface area contributed by atoms with E-state index >= 15 is 0 Å². The Morgan fingerprint density at radius 1 is 1.12 bits per heavy atom. The summed E-state index contributed by atoms with van der Waals surface area (Å²) in [5, 5.41) is 9.41. The summed E-state index contributed by atoms with van der Waals surface area (Å²) >= 11 is 0. The van der Waals surface area contributed by atoms with Gasteiger partial charge in [-0.1, -0.05) is 72.3 Å². The zero-order valence-electron chi connectivity index (χ0n) is 31.4. The zero-order chi connectivity index (χ0) is 34.1. The highest BCUT2D eigenvalue weighted by molar-refractivity contribution is 6.74. The maximum absolute atomic E-state index is 11.4. The molecule has 0 heterocycles. The summed E-state index contributed by atoms with van der Waals surface area (Å²) in [6.07, 6.45) is 3.99. The standard InChI is InChI=1S/C34H60O4Si2/c1-13-14-17-25(2)30(37-39(9,10)33(3,4)5)21-20-28-29-23-26(18-15-16-19-32(35)36)22-27(29)24-31(28)38-40(11,12)34(6,7)8/h18,20-21,25,27-31H,15-17,19,22-24H2,1-12H3,(H,35,36)/b21-20+,26-18+/t25?,27-,28+,29-,30+,31+/m0/s1/i16D2,19D2. The van der Waals surface area contributed by atoms with Crippen LogP contribution in [0.25, 0.3) is 0 Å². The number of fused-ring (bicyclic) bond motifs is 1. The molecule has 2 rings (SSSR count). The predicted molar refractivity (Wildman–Crippen MR) is 174 cm³/mol. The van der Waals surface area contributed by atoms with Crippen LogP contribution in [-0.4, -0.2) is 39.9 Å². The van der Waals surface area contributed by atoms with Crippen molar-refractivity contribution in [3.05, 3.63) is 23.8 Å². The monoisotopic (exact) mass is 592 g/mol. The molecule has 1 unspecified atom stereocenters. The number of hydrogen-bond donors (Lipinski definition) is 1. The van der Waals surface area contributed by atoms with Gasteiger partial charge in [-0.2, -0.15) is 0 Å². The fraction of sp³-hybridized carbons (Fsp3) is 0.794. The molecule has 2 aliphatic carbocycles. The van der Waals surface area contributed by atoms with Crippen molar-refractivity contribution >= 4 is 22.6 Å².